The van der Waals surface area contributed by atoms with E-state index in [0.717, 1.165) is 22.4 Å². The van der Waals surface area contributed by atoms with Gasteiger partial charge in [0.1, 0.15) is 5.75 Å². The Hall–Kier alpha value is -2.54. The Balaban J connectivity index is 1.90. The first-order valence-electron chi connectivity index (χ1n) is 9.73. The number of nitrogens with zero attached hydrogens (tertiary/aromatic N) is 1. The zero-order valence-electron chi connectivity index (χ0n) is 17.6. The second kappa shape index (κ2) is 8.06. The van der Waals surface area contributed by atoms with Gasteiger partial charge in [0, 0.05) is 24.3 Å². The van der Waals surface area contributed by atoms with Gasteiger partial charge in [0.25, 0.3) is 10.0 Å². The van der Waals surface area contributed by atoms with E-state index in [-0.39, 0.29) is 10.8 Å². The molecule has 7 heteroatoms. The number of hydrogen-bond acceptors (Lipinski definition) is 4. The molecule has 0 bridgehead atoms. The average Bonchev–Trinajstić information content (AvgIpc) is 2.63. The number of carbonyl (C=O) groups excluding carboxylic acids is 1. The molecule has 156 valence electrons. The lowest BCUT2D eigenvalue weighted by atomic mass is 9.99. The fourth-order valence-corrected chi connectivity index (χ4v) is 5.01. The van der Waals surface area contributed by atoms with Crippen molar-refractivity contribution in [2.24, 2.45) is 5.92 Å². The molecule has 3 rings (SSSR count). The maximum atomic E-state index is 12.9. The molecule has 2 aromatic rings. The van der Waals surface area contributed by atoms with Crippen molar-refractivity contribution >= 4 is 27.3 Å². The van der Waals surface area contributed by atoms with E-state index in [0.29, 0.717) is 36.7 Å². The minimum absolute atomic E-state index is 0.115. The molecule has 0 unspecified atom stereocenters. The van der Waals surface area contributed by atoms with Crippen molar-refractivity contribution in [1.29, 1.82) is 0 Å². The van der Waals surface area contributed by atoms with Crippen molar-refractivity contribution < 1.29 is 17.9 Å². The maximum Gasteiger partial charge on any atom is 0.261 e. The van der Waals surface area contributed by atoms with Gasteiger partial charge in [-0.05, 0) is 73.2 Å². The molecule has 2 aromatic carbocycles. The summed E-state index contributed by atoms with van der Waals surface area (Å²) in [6, 6.07) is 8.59. The van der Waals surface area contributed by atoms with Crippen LogP contribution in [0.3, 0.4) is 0 Å². The number of rotatable bonds is 6. The Bertz CT molecular complexity index is 1020. The topological polar surface area (TPSA) is 75.7 Å². The number of amides is 1. The molecule has 0 fully saturated rings. The first-order chi connectivity index (χ1) is 13.6. The molecule has 1 aliphatic heterocycles. The third-order valence-corrected chi connectivity index (χ3v) is 6.39. The van der Waals surface area contributed by atoms with Gasteiger partial charge in [0.05, 0.1) is 12.0 Å². The van der Waals surface area contributed by atoms with E-state index in [1.807, 2.05) is 26.0 Å². The number of methoxy groups -OCH3 is 1. The Morgan fingerprint density at radius 3 is 2.34 bits per heavy atom. The molecule has 1 N–H and O–H groups in total. The third-order valence-electron chi connectivity index (χ3n) is 5.03. The van der Waals surface area contributed by atoms with Crippen LogP contribution in [-0.2, 0) is 21.2 Å². The van der Waals surface area contributed by atoms with Crippen LogP contribution in [0.2, 0.25) is 0 Å². The zero-order valence-corrected chi connectivity index (χ0v) is 18.4. The monoisotopic (exact) mass is 416 g/mol. The van der Waals surface area contributed by atoms with Crippen LogP contribution in [-0.4, -0.2) is 28.0 Å². The summed E-state index contributed by atoms with van der Waals surface area (Å²) in [6.07, 6.45) is 1.05. The molecule has 1 heterocycles. The van der Waals surface area contributed by atoms with E-state index < -0.39 is 10.0 Å². The summed E-state index contributed by atoms with van der Waals surface area (Å²) in [7, 11) is -2.17. The number of anilines is 2. The molecular weight excluding hydrogens is 388 g/mol. The Kier molecular flexibility index (Phi) is 5.89. The molecule has 0 atom stereocenters. The van der Waals surface area contributed by atoms with Crippen LogP contribution in [0.15, 0.2) is 35.2 Å². The Labute approximate surface area is 172 Å². The summed E-state index contributed by atoms with van der Waals surface area (Å²) >= 11 is 0. The normalized spacial score (nSPS) is 14.1. The first-order valence-corrected chi connectivity index (χ1v) is 11.2. The van der Waals surface area contributed by atoms with Crippen molar-refractivity contribution in [3.8, 4) is 5.75 Å². The van der Waals surface area contributed by atoms with Crippen molar-refractivity contribution in [1.82, 2.24) is 0 Å². The summed E-state index contributed by atoms with van der Waals surface area (Å²) in [5.41, 5.74) is 3.87. The Morgan fingerprint density at radius 2 is 1.76 bits per heavy atom. The van der Waals surface area contributed by atoms with E-state index in [2.05, 4.69) is 18.6 Å². The second-order valence-electron chi connectivity index (χ2n) is 7.94. The number of benzene rings is 2. The largest absolute Gasteiger partial charge is 0.496 e. The molecule has 6 nitrogen and oxygen atoms in total. The molecule has 0 aliphatic carbocycles. The minimum Gasteiger partial charge on any atom is -0.496 e. The van der Waals surface area contributed by atoms with Gasteiger partial charge in [0.2, 0.25) is 5.91 Å². The molecule has 1 amide bonds. The van der Waals surface area contributed by atoms with E-state index in [1.165, 1.54) is 0 Å². The van der Waals surface area contributed by atoms with Crippen LogP contribution in [0.25, 0.3) is 0 Å². The van der Waals surface area contributed by atoms with E-state index in [1.54, 1.807) is 30.2 Å². The number of ether oxygens (including phenoxy) is 1. The van der Waals surface area contributed by atoms with Crippen molar-refractivity contribution in [3.05, 3.63) is 47.0 Å². The highest BCUT2D eigenvalue weighted by atomic mass is 32.2. The summed E-state index contributed by atoms with van der Waals surface area (Å²) < 4.78 is 33.8. The number of carbonyl (C=O) groups is 1. The SMILES string of the molecule is COc1c(C)cc(S(=O)(=O)Nc2ccc3c(c2)CCC(=O)N3CC(C)C)cc1C. The second-order valence-corrected chi connectivity index (χ2v) is 9.62. The highest BCUT2D eigenvalue weighted by molar-refractivity contribution is 7.92. The predicted molar refractivity (Wildman–Crippen MR) is 115 cm³/mol. The maximum absolute atomic E-state index is 12.9. The summed E-state index contributed by atoms with van der Waals surface area (Å²) in [5.74, 6) is 1.15. The third kappa shape index (κ3) is 4.40. The standard InChI is InChI=1S/C22H28N2O4S/c1-14(2)13-24-20-8-7-18(12-17(20)6-9-21(24)25)23-29(26,27)19-10-15(3)22(28-5)16(4)11-19/h7-8,10-12,14,23H,6,9,13H2,1-5H3. The van der Waals surface area contributed by atoms with Crippen LogP contribution in [0.4, 0.5) is 11.4 Å². The van der Waals surface area contributed by atoms with Crippen LogP contribution in [0.1, 0.15) is 37.0 Å². The summed E-state index contributed by atoms with van der Waals surface area (Å²) in [4.78, 5) is 14.3. The van der Waals surface area contributed by atoms with Crippen LogP contribution >= 0.6 is 0 Å². The molecule has 29 heavy (non-hydrogen) atoms. The lowest BCUT2D eigenvalue weighted by Gasteiger charge is -2.31. The fourth-order valence-electron chi connectivity index (χ4n) is 3.79. The average molecular weight is 417 g/mol. The molecule has 0 saturated carbocycles. The number of nitrogens with one attached hydrogen (secondary N) is 1. The number of sulfonamides is 1. The predicted octanol–water partition coefficient (Wildman–Crippen LogP) is 4.05. The van der Waals surface area contributed by atoms with Crippen molar-refractivity contribution in [3.63, 3.8) is 0 Å². The van der Waals surface area contributed by atoms with Crippen molar-refractivity contribution in [2.45, 2.75) is 45.4 Å². The summed E-state index contributed by atoms with van der Waals surface area (Å²) in [5, 5.41) is 0. The van der Waals surface area contributed by atoms with E-state index in [4.69, 9.17) is 4.74 Å². The van der Waals surface area contributed by atoms with Crippen LogP contribution in [0.5, 0.6) is 5.75 Å². The Morgan fingerprint density at radius 1 is 1.10 bits per heavy atom. The molecular formula is C22H28N2O4S. The smallest absolute Gasteiger partial charge is 0.261 e. The van der Waals surface area contributed by atoms with Gasteiger partial charge in [-0.3, -0.25) is 9.52 Å². The van der Waals surface area contributed by atoms with Crippen LogP contribution in [0, 0.1) is 19.8 Å². The lowest BCUT2D eigenvalue weighted by molar-refractivity contribution is -0.119. The number of aryl methyl sites for hydroxylation is 3. The lowest BCUT2D eigenvalue weighted by Crippen LogP contribution is -2.37. The van der Waals surface area contributed by atoms with Crippen LogP contribution < -0.4 is 14.4 Å². The fraction of sp³-hybridized carbons (Fsp3) is 0.409. The van der Waals surface area contributed by atoms with Gasteiger partial charge in [-0.25, -0.2) is 8.42 Å². The molecule has 0 radical (unpaired) electrons. The van der Waals surface area contributed by atoms with Gasteiger partial charge >= 0.3 is 0 Å². The molecule has 0 spiro atoms. The molecule has 0 aromatic heterocycles. The molecule has 0 saturated heterocycles. The molecule has 1 aliphatic rings. The van der Waals surface area contributed by atoms with Gasteiger partial charge in [-0.1, -0.05) is 13.8 Å². The van der Waals surface area contributed by atoms with Gasteiger partial charge < -0.3 is 9.64 Å². The highest BCUT2D eigenvalue weighted by Gasteiger charge is 2.25. The summed E-state index contributed by atoms with van der Waals surface area (Å²) in [6.45, 7) is 8.45. The first kappa shape index (κ1) is 21.2. The highest BCUT2D eigenvalue weighted by Crippen LogP contribution is 2.32. The number of fused-ring (bicyclic) bond motifs is 1. The van der Waals surface area contributed by atoms with Crippen molar-refractivity contribution in [2.75, 3.05) is 23.3 Å². The zero-order chi connectivity index (χ0) is 21.3. The van der Waals surface area contributed by atoms with E-state index >= 15 is 0 Å². The number of hydrogen-bond donors (Lipinski definition) is 1. The quantitative estimate of drug-likeness (QED) is 0.771. The van der Waals surface area contributed by atoms with E-state index in [9.17, 15) is 13.2 Å². The van der Waals surface area contributed by atoms with Gasteiger partial charge in [-0.15, -0.1) is 0 Å². The van der Waals surface area contributed by atoms with Gasteiger partial charge in [0.15, 0.2) is 0 Å². The minimum atomic E-state index is -3.74. The van der Waals surface area contributed by atoms with Gasteiger partial charge in [-0.2, -0.15) is 0 Å².